The summed E-state index contributed by atoms with van der Waals surface area (Å²) in [5, 5.41) is 0. The molecule has 1 unspecified atom stereocenters. The Morgan fingerprint density at radius 3 is 2.74 bits per heavy atom. The molecule has 0 amide bonds. The lowest BCUT2D eigenvalue weighted by molar-refractivity contribution is -0.138. The number of carbonyl (C=O) groups is 1. The average Bonchev–Trinajstić information content (AvgIpc) is 3.51. The molecule has 0 bridgehead atoms. The van der Waals surface area contributed by atoms with E-state index in [-0.39, 0.29) is 12.2 Å². The highest BCUT2D eigenvalue weighted by Gasteiger charge is 2.33. The van der Waals surface area contributed by atoms with E-state index in [2.05, 4.69) is 27.5 Å². The molecule has 1 atom stereocenters. The Morgan fingerprint density at radius 2 is 2.03 bits per heavy atom. The molecule has 5 rings (SSSR count). The molecule has 2 aromatic heterocycles. The molecule has 0 spiro atoms. The molecule has 1 aliphatic heterocycles. The minimum Gasteiger partial charge on any atom is -0.458 e. The van der Waals surface area contributed by atoms with Crippen LogP contribution in [0, 0.1) is 0 Å². The van der Waals surface area contributed by atoms with Gasteiger partial charge in [-0.1, -0.05) is 64.2 Å². The number of allylic oxidation sites excluding steroid dienone is 1. The number of nitrogens with zero attached hydrogens (tertiary/aromatic N) is 2. The Bertz CT molecular complexity index is 1750. The van der Waals surface area contributed by atoms with E-state index in [9.17, 15) is 9.59 Å². The van der Waals surface area contributed by atoms with Crippen LogP contribution in [0.5, 0.6) is 0 Å². The zero-order valence-corrected chi connectivity index (χ0v) is 23.9. The van der Waals surface area contributed by atoms with Gasteiger partial charge >= 0.3 is 5.97 Å². The number of furan rings is 1. The minimum absolute atomic E-state index is 0.0664. The van der Waals surface area contributed by atoms with Crippen LogP contribution in [-0.2, 0) is 9.53 Å². The fourth-order valence-corrected chi connectivity index (χ4v) is 6.09. The third kappa shape index (κ3) is 5.14. The second kappa shape index (κ2) is 11.1. The number of thioether (sulfide) groups is 1. The maximum absolute atomic E-state index is 13.8. The summed E-state index contributed by atoms with van der Waals surface area (Å²) in [6, 6.07) is 18.7. The normalized spacial score (nSPS) is 15.2. The highest BCUT2D eigenvalue weighted by molar-refractivity contribution is 9.10. The lowest BCUT2D eigenvalue weighted by Gasteiger charge is -2.24. The average molecular weight is 608 g/mol. The lowest BCUT2D eigenvalue weighted by Crippen LogP contribution is -2.39. The van der Waals surface area contributed by atoms with Gasteiger partial charge in [0, 0.05) is 21.0 Å². The summed E-state index contributed by atoms with van der Waals surface area (Å²) in [6.07, 6.45) is 5.22. The number of fused-ring (bicyclic) bond motifs is 1. The SMILES string of the molecule is C=CCOC(=O)C1=C(C)N=c2sc(=Cc3ccc(-c4cccc(Br)c4)o3)c(=O)n2C1c1ccc(SC)cc1. The third-order valence-electron chi connectivity index (χ3n) is 6.01. The largest absolute Gasteiger partial charge is 0.458 e. The molecular formula is C29H23BrN2O4S2. The van der Waals surface area contributed by atoms with Gasteiger partial charge in [-0.25, -0.2) is 9.79 Å². The van der Waals surface area contributed by atoms with Crippen molar-refractivity contribution in [2.75, 3.05) is 12.9 Å². The maximum Gasteiger partial charge on any atom is 0.338 e. The summed E-state index contributed by atoms with van der Waals surface area (Å²) in [5.74, 6) is 0.719. The number of benzene rings is 2. The molecule has 9 heteroatoms. The van der Waals surface area contributed by atoms with Gasteiger partial charge in [-0.2, -0.15) is 0 Å². The second-order valence-corrected chi connectivity index (χ2v) is 11.3. The van der Waals surface area contributed by atoms with Crippen LogP contribution in [0.25, 0.3) is 17.4 Å². The second-order valence-electron chi connectivity index (χ2n) is 8.45. The van der Waals surface area contributed by atoms with Crippen molar-refractivity contribution in [2.45, 2.75) is 17.9 Å². The Morgan fingerprint density at radius 1 is 1.24 bits per heavy atom. The first-order valence-electron chi connectivity index (χ1n) is 11.7. The maximum atomic E-state index is 13.8. The van der Waals surface area contributed by atoms with E-state index < -0.39 is 12.0 Å². The first-order valence-corrected chi connectivity index (χ1v) is 14.5. The molecule has 0 saturated carbocycles. The van der Waals surface area contributed by atoms with Gasteiger partial charge in [0.05, 0.1) is 21.8 Å². The molecule has 6 nitrogen and oxygen atoms in total. The highest BCUT2D eigenvalue weighted by atomic mass is 79.9. The molecule has 0 aliphatic carbocycles. The topological polar surface area (TPSA) is 73.8 Å². The molecule has 4 aromatic rings. The van der Waals surface area contributed by atoms with Gasteiger partial charge in [0.2, 0.25) is 0 Å². The van der Waals surface area contributed by atoms with Crippen molar-refractivity contribution < 1.29 is 13.9 Å². The molecule has 0 fully saturated rings. The van der Waals surface area contributed by atoms with Crippen molar-refractivity contribution in [1.29, 1.82) is 0 Å². The molecule has 0 N–H and O–H groups in total. The van der Waals surface area contributed by atoms with Gasteiger partial charge in [-0.05, 0) is 55.1 Å². The summed E-state index contributed by atoms with van der Waals surface area (Å²) in [5.41, 5.74) is 2.31. The number of hydrogen-bond donors (Lipinski definition) is 0. The van der Waals surface area contributed by atoms with E-state index >= 15 is 0 Å². The van der Waals surface area contributed by atoms with Crippen LogP contribution in [0.2, 0.25) is 0 Å². The molecule has 38 heavy (non-hydrogen) atoms. The Hall–Kier alpha value is -3.40. The van der Waals surface area contributed by atoms with Crippen molar-refractivity contribution in [3.05, 3.63) is 120 Å². The number of aromatic nitrogens is 1. The molecule has 192 valence electrons. The quantitative estimate of drug-likeness (QED) is 0.153. The van der Waals surface area contributed by atoms with Crippen LogP contribution < -0.4 is 14.9 Å². The fraction of sp³-hybridized carbons (Fsp3) is 0.138. The number of esters is 1. The van der Waals surface area contributed by atoms with Crippen molar-refractivity contribution in [1.82, 2.24) is 4.57 Å². The summed E-state index contributed by atoms with van der Waals surface area (Å²) >= 11 is 6.36. The van der Waals surface area contributed by atoms with Gasteiger partial charge in [0.25, 0.3) is 5.56 Å². The monoisotopic (exact) mass is 606 g/mol. The molecule has 1 aliphatic rings. The van der Waals surface area contributed by atoms with Crippen LogP contribution in [-0.4, -0.2) is 23.4 Å². The number of carbonyl (C=O) groups excluding carboxylic acids is 1. The first-order chi connectivity index (χ1) is 18.4. The van der Waals surface area contributed by atoms with Gasteiger partial charge < -0.3 is 9.15 Å². The summed E-state index contributed by atoms with van der Waals surface area (Å²) < 4.78 is 14.4. The van der Waals surface area contributed by atoms with Crippen molar-refractivity contribution in [2.24, 2.45) is 4.99 Å². The van der Waals surface area contributed by atoms with E-state index in [1.165, 1.54) is 17.4 Å². The Labute approximate surface area is 235 Å². The summed E-state index contributed by atoms with van der Waals surface area (Å²) in [7, 11) is 0. The first kappa shape index (κ1) is 26.2. The number of ether oxygens (including phenoxy) is 1. The van der Waals surface area contributed by atoms with E-state index in [4.69, 9.17) is 9.15 Å². The lowest BCUT2D eigenvalue weighted by atomic mass is 9.96. The van der Waals surface area contributed by atoms with Gasteiger partial charge in [-0.3, -0.25) is 9.36 Å². The smallest absolute Gasteiger partial charge is 0.338 e. The highest BCUT2D eigenvalue weighted by Crippen LogP contribution is 2.32. The Kier molecular flexibility index (Phi) is 7.69. The van der Waals surface area contributed by atoms with Crippen LogP contribution >= 0.6 is 39.0 Å². The molecule has 2 aromatic carbocycles. The van der Waals surface area contributed by atoms with E-state index in [0.29, 0.717) is 32.1 Å². The van der Waals surface area contributed by atoms with E-state index in [1.807, 2.05) is 66.9 Å². The molecule has 3 heterocycles. The van der Waals surface area contributed by atoms with Crippen LogP contribution in [0.4, 0.5) is 0 Å². The van der Waals surface area contributed by atoms with Crippen molar-refractivity contribution >= 4 is 51.1 Å². The third-order valence-corrected chi connectivity index (χ3v) is 8.23. The van der Waals surface area contributed by atoms with E-state index in [0.717, 1.165) is 20.5 Å². The minimum atomic E-state index is -0.671. The zero-order chi connectivity index (χ0) is 26.8. The number of hydrogen-bond acceptors (Lipinski definition) is 7. The molecular weight excluding hydrogens is 584 g/mol. The molecule has 0 saturated heterocycles. The summed E-state index contributed by atoms with van der Waals surface area (Å²) in [6.45, 7) is 5.46. The van der Waals surface area contributed by atoms with Crippen molar-refractivity contribution in [3.8, 4) is 11.3 Å². The van der Waals surface area contributed by atoms with Gasteiger partial charge in [-0.15, -0.1) is 11.8 Å². The van der Waals surface area contributed by atoms with Gasteiger partial charge in [0.1, 0.15) is 18.1 Å². The summed E-state index contributed by atoms with van der Waals surface area (Å²) in [4.78, 5) is 33.1. The Balaban J connectivity index is 1.62. The standard InChI is InChI=1S/C29H23BrN2O4S2/c1-4-14-35-28(34)25-17(2)31-29-32(26(25)18-8-11-22(37-3)12-9-18)27(33)24(38-29)16-21-10-13-23(36-21)19-6-5-7-20(30)15-19/h4-13,15-16,26H,1,14H2,2-3H3. The predicted molar refractivity (Wildman–Crippen MR) is 155 cm³/mol. The number of thiazole rings is 1. The zero-order valence-electron chi connectivity index (χ0n) is 20.6. The fourth-order valence-electron chi connectivity index (χ4n) is 4.25. The van der Waals surface area contributed by atoms with Crippen LogP contribution in [0.15, 0.2) is 108 Å². The predicted octanol–water partition coefficient (Wildman–Crippen LogP) is 5.71. The number of rotatable bonds is 7. The number of halogens is 1. The van der Waals surface area contributed by atoms with Crippen molar-refractivity contribution in [3.63, 3.8) is 0 Å². The van der Waals surface area contributed by atoms with Crippen LogP contribution in [0.1, 0.15) is 24.3 Å². The van der Waals surface area contributed by atoms with E-state index in [1.54, 1.807) is 29.3 Å². The van der Waals surface area contributed by atoms with Gasteiger partial charge in [0.15, 0.2) is 4.80 Å². The van der Waals surface area contributed by atoms with Crippen LogP contribution in [0.3, 0.4) is 0 Å². The molecule has 0 radical (unpaired) electrons.